The number of carbonyl (C=O) groups is 1. The van der Waals surface area contributed by atoms with Crippen molar-refractivity contribution in [3.8, 4) is 17.2 Å². The second-order valence-electron chi connectivity index (χ2n) is 6.07. The first-order chi connectivity index (χ1) is 13.1. The molecule has 27 heavy (non-hydrogen) atoms. The van der Waals surface area contributed by atoms with E-state index in [0.29, 0.717) is 22.6 Å². The molecule has 0 aromatic heterocycles. The van der Waals surface area contributed by atoms with E-state index in [1.54, 1.807) is 48.5 Å². The molecule has 0 atom stereocenters. The van der Waals surface area contributed by atoms with Crippen molar-refractivity contribution in [3.63, 3.8) is 0 Å². The lowest BCUT2D eigenvalue weighted by Gasteiger charge is -2.07. The van der Waals surface area contributed by atoms with E-state index < -0.39 is 0 Å². The average Bonchev–Trinajstić information content (AvgIpc) is 2.97. The minimum Gasteiger partial charge on any atom is -0.508 e. The number of Topliss-reactive ketones (excluding diaryl/α,β-unsaturated/α-hetero) is 1. The normalized spacial score (nSPS) is 14.1. The monoisotopic (exact) mass is 362 g/mol. The molecular weight excluding hydrogens is 347 g/mol. The molecule has 3 aromatic carbocycles. The quantitative estimate of drug-likeness (QED) is 0.682. The topological polar surface area (TPSA) is 55.8 Å². The van der Waals surface area contributed by atoms with Gasteiger partial charge in [-0.2, -0.15) is 0 Å². The summed E-state index contributed by atoms with van der Waals surface area (Å²) in [5.41, 5.74) is 1.66. The van der Waals surface area contributed by atoms with Crippen molar-refractivity contribution < 1.29 is 23.8 Å². The number of carbonyl (C=O) groups excluding carboxylic acids is 1. The minimum absolute atomic E-state index is 0.0409. The Morgan fingerprint density at radius 3 is 2.59 bits per heavy atom. The fourth-order valence-corrected chi connectivity index (χ4v) is 2.76. The molecule has 0 saturated heterocycles. The summed E-state index contributed by atoms with van der Waals surface area (Å²) in [5.74, 6) is 0.629. The van der Waals surface area contributed by atoms with Crippen LogP contribution in [0.4, 0.5) is 4.39 Å². The Balaban J connectivity index is 1.46. The maximum absolute atomic E-state index is 13.6. The van der Waals surface area contributed by atoms with Crippen molar-refractivity contribution in [2.75, 3.05) is 0 Å². The first-order valence-corrected chi connectivity index (χ1v) is 8.34. The Bertz CT molecular complexity index is 1040. The third-order valence-electron chi connectivity index (χ3n) is 4.18. The number of ketones is 1. The highest BCUT2D eigenvalue weighted by molar-refractivity contribution is 6.14. The standard InChI is InChI=1S/C22H15FO4/c23-19-4-2-1-3-15(19)13-26-17-8-5-14(6-9-17)11-21-22(25)18-10-7-16(24)12-20(18)27-21/h1-12,24H,13H2/b21-11-. The largest absolute Gasteiger partial charge is 0.508 e. The van der Waals surface area contributed by atoms with E-state index >= 15 is 0 Å². The molecule has 1 aliphatic rings. The zero-order valence-electron chi connectivity index (χ0n) is 14.2. The Kier molecular flexibility index (Phi) is 4.34. The van der Waals surface area contributed by atoms with Gasteiger partial charge in [-0.15, -0.1) is 0 Å². The van der Waals surface area contributed by atoms with Crippen LogP contribution < -0.4 is 9.47 Å². The van der Waals surface area contributed by atoms with Crippen LogP contribution in [0, 0.1) is 5.82 Å². The molecule has 5 heteroatoms. The summed E-state index contributed by atoms with van der Waals surface area (Å²) in [7, 11) is 0. The van der Waals surface area contributed by atoms with Crippen LogP contribution >= 0.6 is 0 Å². The number of allylic oxidation sites excluding steroid dienone is 1. The van der Waals surface area contributed by atoms with Gasteiger partial charge in [0.15, 0.2) is 5.76 Å². The van der Waals surface area contributed by atoms with Gasteiger partial charge >= 0.3 is 0 Å². The summed E-state index contributed by atoms with van der Waals surface area (Å²) in [5, 5.41) is 9.49. The van der Waals surface area contributed by atoms with E-state index in [2.05, 4.69) is 0 Å². The molecule has 1 N–H and O–H groups in total. The molecule has 3 aromatic rings. The zero-order chi connectivity index (χ0) is 18.8. The van der Waals surface area contributed by atoms with Crippen molar-refractivity contribution in [3.05, 3.63) is 95.0 Å². The Labute approximate surface area is 155 Å². The molecule has 1 heterocycles. The van der Waals surface area contributed by atoms with Crippen LogP contribution in [-0.4, -0.2) is 10.9 Å². The highest BCUT2D eigenvalue weighted by Crippen LogP contribution is 2.34. The summed E-state index contributed by atoms with van der Waals surface area (Å²) in [6.45, 7) is 0.132. The summed E-state index contributed by atoms with van der Waals surface area (Å²) < 4.78 is 24.7. The molecule has 0 spiro atoms. The number of benzene rings is 3. The summed E-state index contributed by atoms with van der Waals surface area (Å²) in [6, 6.07) is 17.9. The third-order valence-corrected chi connectivity index (χ3v) is 4.18. The number of halogens is 1. The fraction of sp³-hybridized carbons (Fsp3) is 0.0455. The van der Waals surface area contributed by atoms with Crippen molar-refractivity contribution in [1.29, 1.82) is 0 Å². The number of phenolic OH excluding ortho intramolecular Hbond substituents is 1. The van der Waals surface area contributed by atoms with Gasteiger partial charge in [-0.1, -0.05) is 30.3 Å². The van der Waals surface area contributed by atoms with Gasteiger partial charge in [0.25, 0.3) is 0 Å². The Hall–Kier alpha value is -3.60. The predicted octanol–water partition coefficient (Wildman–Crippen LogP) is 4.73. The average molecular weight is 362 g/mol. The highest BCUT2D eigenvalue weighted by Gasteiger charge is 2.27. The van der Waals surface area contributed by atoms with Gasteiger partial charge in [0.1, 0.15) is 29.7 Å². The van der Waals surface area contributed by atoms with E-state index in [0.717, 1.165) is 5.56 Å². The molecule has 0 unspecified atom stereocenters. The lowest BCUT2D eigenvalue weighted by atomic mass is 10.1. The van der Waals surface area contributed by atoms with Gasteiger partial charge < -0.3 is 14.6 Å². The summed E-state index contributed by atoms with van der Waals surface area (Å²) in [6.07, 6.45) is 1.63. The third kappa shape index (κ3) is 3.53. The fourth-order valence-electron chi connectivity index (χ4n) is 2.76. The molecule has 0 amide bonds. The van der Waals surface area contributed by atoms with Crippen molar-refractivity contribution in [1.82, 2.24) is 0 Å². The summed E-state index contributed by atoms with van der Waals surface area (Å²) >= 11 is 0. The van der Waals surface area contributed by atoms with Crippen LogP contribution in [0.25, 0.3) is 6.08 Å². The first-order valence-electron chi connectivity index (χ1n) is 8.34. The number of aromatic hydroxyl groups is 1. The zero-order valence-corrected chi connectivity index (χ0v) is 14.2. The predicted molar refractivity (Wildman–Crippen MR) is 98.2 cm³/mol. The van der Waals surface area contributed by atoms with E-state index in [-0.39, 0.29) is 29.7 Å². The highest BCUT2D eigenvalue weighted by atomic mass is 19.1. The van der Waals surface area contributed by atoms with Gasteiger partial charge in [0.05, 0.1) is 5.56 Å². The van der Waals surface area contributed by atoms with Crippen LogP contribution in [0.5, 0.6) is 17.2 Å². The SMILES string of the molecule is O=C1/C(=C/c2ccc(OCc3ccccc3F)cc2)Oc2cc(O)ccc21. The number of phenols is 1. The van der Waals surface area contributed by atoms with Crippen LogP contribution in [0.2, 0.25) is 0 Å². The molecule has 0 fully saturated rings. The van der Waals surface area contributed by atoms with Gasteiger partial charge in [0.2, 0.25) is 5.78 Å². The van der Waals surface area contributed by atoms with Gasteiger partial charge in [0, 0.05) is 11.6 Å². The molecule has 4 rings (SSSR count). The Morgan fingerprint density at radius 1 is 1.04 bits per heavy atom. The lowest BCUT2D eigenvalue weighted by molar-refractivity contribution is 0.101. The summed E-state index contributed by atoms with van der Waals surface area (Å²) in [4.78, 5) is 12.3. The maximum atomic E-state index is 13.6. The first kappa shape index (κ1) is 16.8. The van der Waals surface area contributed by atoms with Crippen LogP contribution in [0.3, 0.4) is 0 Å². The smallest absolute Gasteiger partial charge is 0.231 e. The molecule has 0 aliphatic carbocycles. The number of rotatable bonds is 4. The molecular formula is C22H15FO4. The van der Waals surface area contributed by atoms with Crippen molar-refractivity contribution >= 4 is 11.9 Å². The second kappa shape index (κ2) is 6.96. The van der Waals surface area contributed by atoms with E-state index in [1.807, 2.05) is 0 Å². The number of ether oxygens (including phenoxy) is 2. The second-order valence-corrected chi connectivity index (χ2v) is 6.07. The molecule has 1 aliphatic heterocycles. The van der Waals surface area contributed by atoms with Crippen molar-refractivity contribution in [2.24, 2.45) is 0 Å². The number of fused-ring (bicyclic) bond motifs is 1. The molecule has 0 bridgehead atoms. The van der Waals surface area contributed by atoms with Gasteiger partial charge in [-0.3, -0.25) is 4.79 Å². The van der Waals surface area contributed by atoms with Crippen molar-refractivity contribution in [2.45, 2.75) is 6.61 Å². The van der Waals surface area contributed by atoms with Crippen LogP contribution in [0.1, 0.15) is 21.5 Å². The Morgan fingerprint density at radius 2 is 1.81 bits per heavy atom. The molecule has 0 saturated carbocycles. The van der Waals surface area contributed by atoms with Crippen LogP contribution in [-0.2, 0) is 6.61 Å². The molecule has 4 nitrogen and oxygen atoms in total. The maximum Gasteiger partial charge on any atom is 0.231 e. The lowest BCUT2D eigenvalue weighted by Crippen LogP contribution is -1.99. The van der Waals surface area contributed by atoms with E-state index in [4.69, 9.17) is 9.47 Å². The molecule has 134 valence electrons. The van der Waals surface area contributed by atoms with Crippen LogP contribution in [0.15, 0.2) is 72.5 Å². The van der Waals surface area contributed by atoms with E-state index in [9.17, 15) is 14.3 Å². The number of hydrogen-bond donors (Lipinski definition) is 1. The minimum atomic E-state index is -0.304. The van der Waals surface area contributed by atoms with Gasteiger partial charge in [-0.05, 0) is 42.0 Å². The van der Waals surface area contributed by atoms with Gasteiger partial charge in [-0.25, -0.2) is 4.39 Å². The molecule has 0 radical (unpaired) electrons. The number of hydrogen-bond acceptors (Lipinski definition) is 4. The van der Waals surface area contributed by atoms with E-state index in [1.165, 1.54) is 24.3 Å².